The molecule has 4 heteroatoms. The Balaban J connectivity index is 2.93. The smallest absolute Gasteiger partial charge is 0.330 e. The lowest BCUT2D eigenvalue weighted by Crippen LogP contribution is -2.30. The van der Waals surface area contributed by atoms with E-state index in [-0.39, 0.29) is 0 Å². The molecule has 3 nitrogen and oxygen atoms in total. The Hall–Kier alpha value is -1.84. The second-order valence-corrected chi connectivity index (χ2v) is 3.78. The van der Waals surface area contributed by atoms with Gasteiger partial charge in [0.15, 0.2) is 0 Å². The predicted molar refractivity (Wildman–Crippen MR) is 61.0 cm³/mol. The maximum absolute atomic E-state index is 13.1. The Morgan fingerprint density at radius 2 is 2.12 bits per heavy atom. The van der Waals surface area contributed by atoms with Gasteiger partial charge in [-0.25, -0.2) is 9.18 Å². The number of benzene rings is 1. The Labute approximate surface area is 93.6 Å². The van der Waals surface area contributed by atoms with Gasteiger partial charge in [-0.3, -0.25) is 0 Å². The lowest BCUT2D eigenvalue weighted by atomic mass is 10.1. The number of nitrogens with one attached hydrogen (secondary N) is 1. The van der Waals surface area contributed by atoms with Gasteiger partial charge in [0.25, 0.3) is 0 Å². The van der Waals surface area contributed by atoms with E-state index in [1.165, 1.54) is 12.1 Å². The van der Waals surface area contributed by atoms with E-state index in [1.54, 1.807) is 19.9 Å². The molecule has 0 heterocycles. The molecule has 0 spiro atoms. The molecule has 1 atom stereocenters. The van der Waals surface area contributed by atoms with Crippen LogP contribution in [0.15, 0.2) is 30.4 Å². The molecule has 0 radical (unpaired) electrons. The molecule has 0 saturated heterocycles. The molecular weight excluding hydrogens is 209 g/mol. The summed E-state index contributed by atoms with van der Waals surface area (Å²) < 4.78 is 13.1. The first kappa shape index (κ1) is 12.2. The van der Waals surface area contributed by atoms with Crippen LogP contribution in [0.4, 0.5) is 10.1 Å². The van der Waals surface area contributed by atoms with E-state index in [4.69, 9.17) is 5.11 Å². The van der Waals surface area contributed by atoms with E-state index in [2.05, 4.69) is 11.9 Å². The van der Waals surface area contributed by atoms with Crippen LogP contribution in [-0.4, -0.2) is 17.1 Å². The molecule has 0 aliphatic rings. The zero-order valence-electron chi connectivity index (χ0n) is 9.25. The fourth-order valence-corrected chi connectivity index (χ4v) is 1.38. The minimum atomic E-state index is -1.03. The average Bonchev–Trinajstić information content (AvgIpc) is 2.11. The average molecular weight is 223 g/mol. The summed E-state index contributed by atoms with van der Waals surface area (Å²) in [5.74, 6) is -1.43. The number of carboxylic acid groups (broad SMARTS) is 1. The zero-order chi connectivity index (χ0) is 12.3. The Bertz CT molecular complexity index is 395. The Kier molecular flexibility index (Phi) is 3.66. The molecule has 2 N–H and O–H groups in total. The molecule has 0 bridgehead atoms. The van der Waals surface area contributed by atoms with Gasteiger partial charge in [0.1, 0.15) is 11.9 Å². The van der Waals surface area contributed by atoms with Gasteiger partial charge >= 0.3 is 5.97 Å². The van der Waals surface area contributed by atoms with Crippen molar-refractivity contribution >= 4 is 11.7 Å². The quantitative estimate of drug-likeness (QED) is 0.771. The topological polar surface area (TPSA) is 49.3 Å². The van der Waals surface area contributed by atoms with Crippen molar-refractivity contribution in [2.24, 2.45) is 0 Å². The van der Waals surface area contributed by atoms with Gasteiger partial charge in [0.05, 0.1) is 0 Å². The number of halogens is 1. The molecule has 0 fully saturated rings. The number of aliphatic carboxylic acids is 1. The third-order valence-corrected chi connectivity index (χ3v) is 2.09. The second-order valence-electron chi connectivity index (χ2n) is 3.78. The molecule has 0 aliphatic carbocycles. The minimum Gasteiger partial charge on any atom is -0.479 e. The van der Waals surface area contributed by atoms with Gasteiger partial charge < -0.3 is 10.4 Å². The van der Waals surface area contributed by atoms with Crippen molar-refractivity contribution < 1.29 is 14.3 Å². The van der Waals surface area contributed by atoms with Gasteiger partial charge in [0.2, 0.25) is 0 Å². The van der Waals surface area contributed by atoms with Crippen LogP contribution in [0, 0.1) is 12.7 Å². The van der Waals surface area contributed by atoms with E-state index in [9.17, 15) is 9.18 Å². The highest BCUT2D eigenvalue weighted by Crippen LogP contribution is 2.16. The van der Waals surface area contributed by atoms with Crippen LogP contribution < -0.4 is 5.32 Å². The summed E-state index contributed by atoms with van der Waals surface area (Å²) in [4.78, 5) is 10.9. The van der Waals surface area contributed by atoms with E-state index in [1.807, 2.05) is 0 Å². The molecule has 0 amide bonds. The summed E-state index contributed by atoms with van der Waals surface area (Å²) in [5.41, 5.74) is 1.63. The molecule has 1 rings (SSSR count). The summed E-state index contributed by atoms with van der Waals surface area (Å²) in [5, 5.41) is 11.6. The fourth-order valence-electron chi connectivity index (χ4n) is 1.38. The van der Waals surface area contributed by atoms with Crippen LogP contribution in [0.3, 0.4) is 0 Å². The van der Waals surface area contributed by atoms with Crippen molar-refractivity contribution in [1.82, 2.24) is 0 Å². The van der Waals surface area contributed by atoms with Crippen LogP contribution in [0.1, 0.15) is 12.5 Å². The van der Waals surface area contributed by atoms with Crippen molar-refractivity contribution in [3.8, 4) is 0 Å². The second kappa shape index (κ2) is 4.79. The summed E-state index contributed by atoms with van der Waals surface area (Å²) >= 11 is 0. The van der Waals surface area contributed by atoms with Gasteiger partial charge in [0, 0.05) is 5.69 Å². The number of hydrogen-bond donors (Lipinski definition) is 2. The number of carboxylic acids is 1. The first-order valence-electron chi connectivity index (χ1n) is 4.82. The maximum Gasteiger partial charge on any atom is 0.330 e. The van der Waals surface area contributed by atoms with E-state index < -0.39 is 17.8 Å². The first-order chi connectivity index (χ1) is 7.40. The van der Waals surface area contributed by atoms with Gasteiger partial charge in [-0.2, -0.15) is 0 Å². The molecule has 1 aromatic rings. The fraction of sp³-hybridized carbons (Fsp3) is 0.250. The number of anilines is 1. The summed E-state index contributed by atoms with van der Waals surface area (Å²) in [6.07, 6.45) is 0. The van der Waals surface area contributed by atoms with Crippen molar-refractivity contribution in [3.05, 3.63) is 41.7 Å². The van der Waals surface area contributed by atoms with Crippen molar-refractivity contribution in [3.63, 3.8) is 0 Å². The highest BCUT2D eigenvalue weighted by atomic mass is 19.1. The molecule has 0 saturated carbocycles. The number of hydrogen-bond acceptors (Lipinski definition) is 2. The summed E-state index contributed by atoms with van der Waals surface area (Å²) in [7, 11) is 0. The van der Waals surface area contributed by atoms with E-state index in [0.29, 0.717) is 11.3 Å². The van der Waals surface area contributed by atoms with Crippen molar-refractivity contribution in [1.29, 1.82) is 0 Å². The van der Waals surface area contributed by atoms with Crippen molar-refractivity contribution in [2.45, 2.75) is 19.9 Å². The maximum atomic E-state index is 13.1. The molecule has 1 aromatic carbocycles. The van der Waals surface area contributed by atoms with E-state index >= 15 is 0 Å². The molecule has 16 heavy (non-hydrogen) atoms. The first-order valence-corrected chi connectivity index (χ1v) is 4.82. The lowest BCUT2D eigenvalue weighted by Gasteiger charge is -2.16. The molecule has 1 unspecified atom stereocenters. The third-order valence-electron chi connectivity index (χ3n) is 2.09. The van der Waals surface area contributed by atoms with Crippen LogP contribution in [0.25, 0.3) is 0 Å². The highest BCUT2D eigenvalue weighted by Gasteiger charge is 2.17. The van der Waals surface area contributed by atoms with Crippen LogP contribution in [0.2, 0.25) is 0 Å². The number of carbonyl (C=O) groups is 1. The molecule has 86 valence electrons. The van der Waals surface area contributed by atoms with E-state index in [0.717, 1.165) is 5.56 Å². The summed E-state index contributed by atoms with van der Waals surface area (Å²) in [6, 6.07) is 3.41. The highest BCUT2D eigenvalue weighted by molar-refractivity contribution is 5.81. The molecule has 0 aromatic heterocycles. The summed E-state index contributed by atoms with van der Waals surface area (Å²) in [6.45, 7) is 6.93. The van der Waals surface area contributed by atoms with Gasteiger partial charge in [-0.05, 0) is 43.2 Å². The minimum absolute atomic E-state index is 0.395. The van der Waals surface area contributed by atoms with Crippen LogP contribution >= 0.6 is 0 Å². The Morgan fingerprint density at radius 3 is 2.56 bits per heavy atom. The third kappa shape index (κ3) is 3.08. The zero-order valence-corrected chi connectivity index (χ0v) is 9.25. The number of aryl methyl sites for hydroxylation is 1. The lowest BCUT2D eigenvalue weighted by molar-refractivity contribution is -0.137. The SMILES string of the molecule is C=C(C)C(Nc1cc(C)cc(F)c1)C(=O)O. The van der Waals surface area contributed by atoms with Crippen LogP contribution in [-0.2, 0) is 4.79 Å². The Morgan fingerprint density at radius 1 is 1.50 bits per heavy atom. The number of rotatable bonds is 4. The monoisotopic (exact) mass is 223 g/mol. The standard InChI is InChI=1S/C12H14FNO2/c1-7(2)11(12(15)16)14-10-5-8(3)4-9(13)6-10/h4-6,11,14H,1H2,2-3H3,(H,15,16). The largest absolute Gasteiger partial charge is 0.479 e. The van der Waals surface area contributed by atoms with Crippen LogP contribution in [0.5, 0.6) is 0 Å². The molecule has 0 aliphatic heterocycles. The predicted octanol–water partition coefficient (Wildman–Crippen LogP) is 2.58. The van der Waals surface area contributed by atoms with Gasteiger partial charge in [-0.1, -0.05) is 6.58 Å². The molecular formula is C12H14FNO2. The normalized spacial score (nSPS) is 11.9. The van der Waals surface area contributed by atoms with Crippen molar-refractivity contribution in [2.75, 3.05) is 5.32 Å². The van der Waals surface area contributed by atoms with Gasteiger partial charge in [-0.15, -0.1) is 0 Å².